The Bertz CT molecular complexity index is 428. The number of hydrogen-bond donors (Lipinski definition) is 3. The Morgan fingerprint density at radius 1 is 1.61 bits per heavy atom. The molecule has 1 aliphatic heterocycles. The van der Waals surface area contributed by atoms with E-state index in [0.717, 1.165) is 17.8 Å². The zero-order valence-electron chi connectivity index (χ0n) is 10.4. The number of hydrogen-bond acceptors (Lipinski definition) is 4. The number of carbonyl (C=O) groups is 1. The fourth-order valence-corrected chi connectivity index (χ4v) is 1.96. The summed E-state index contributed by atoms with van der Waals surface area (Å²) in [6.07, 6.45) is 0.389. The first-order valence-electron chi connectivity index (χ1n) is 6.06. The van der Waals surface area contributed by atoms with Crippen LogP contribution in [0.4, 0.5) is 5.69 Å². The molecule has 1 amide bonds. The number of morpholine rings is 1. The first-order chi connectivity index (χ1) is 8.65. The highest BCUT2D eigenvalue weighted by Crippen LogP contribution is 2.20. The van der Waals surface area contributed by atoms with E-state index in [1.54, 1.807) is 18.2 Å². The average Bonchev–Trinajstić information content (AvgIpc) is 2.34. The van der Waals surface area contributed by atoms with Crippen molar-refractivity contribution in [2.75, 3.05) is 25.1 Å². The summed E-state index contributed by atoms with van der Waals surface area (Å²) in [6.45, 7) is 3.91. The lowest BCUT2D eigenvalue weighted by Gasteiger charge is -2.23. The molecule has 0 radical (unpaired) electrons. The summed E-state index contributed by atoms with van der Waals surface area (Å²) in [5, 5.41) is 15.4. The first-order valence-corrected chi connectivity index (χ1v) is 6.06. The van der Waals surface area contributed by atoms with Crippen molar-refractivity contribution in [2.45, 2.75) is 19.4 Å². The lowest BCUT2D eigenvalue weighted by molar-refractivity contribution is -0.117. The van der Waals surface area contributed by atoms with Crippen LogP contribution in [-0.2, 0) is 9.53 Å². The zero-order valence-corrected chi connectivity index (χ0v) is 10.4. The van der Waals surface area contributed by atoms with Crippen molar-refractivity contribution >= 4 is 11.6 Å². The molecule has 1 unspecified atom stereocenters. The maximum Gasteiger partial charge on any atom is 0.226 e. The fourth-order valence-electron chi connectivity index (χ4n) is 1.96. The van der Waals surface area contributed by atoms with E-state index in [1.807, 2.05) is 6.92 Å². The Morgan fingerprint density at radius 3 is 3.11 bits per heavy atom. The van der Waals surface area contributed by atoms with Crippen LogP contribution in [0.1, 0.15) is 12.0 Å². The van der Waals surface area contributed by atoms with Crippen LogP contribution in [0.2, 0.25) is 0 Å². The van der Waals surface area contributed by atoms with Gasteiger partial charge in [0.1, 0.15) is 5.75 Å². The predicted octanol–water partition coefficient (Wildman–Crippen LogP) is 1.02. The number of ether oxygens (including phenoxy) is 1. The van der Waals surface area contributed by atoms with E-state index in [1.165, 1.54) is 0 Å². The molecule has 0 bridgehead atoms. The van der Waals surface area contributed by atoms with Crippen LogP contribution < -0.4 is 10.6 Å². The fraction of sp³-hybridized carbons (Fsp3) is 0.462. The number of anilines is 1. The van der Waals surface area contributed by atoms with Gasteiger partial charge in [0.2, 0.25) is 5.91 Å². The van der Waals surface area contributed by atoms with E-state index in [2.05, 4.69) is 10.6 Å². The van der Waals surface area contributed by atoms with Gasteiger partial charge in [-0.15, -0.1) is 0 Å². The van der Waals surface area contributed by atoms with Crippen LogP contribution in [0.3, 0.4) is 0 Å². The summed E-state index contributed by atoms with van der Waals surface area (Å²) in [5.74, 6) is 0.152. The van der Waals surface area contributed by atoms with E-state index in [0.29, 0.717) is 19.6 Å². The van der Waals surface area contributed by atoms with Gasteiger partial charge in [0.15, 0.2) is 0 Å². The maximum absolute atomic E-state index is 11.8. The lowest BCUT2D eigenvalue weighted by Crippen LogP contribution is -2.43. The van der Waals surface area contributed by atoms with Crippen molar-refractivity contribution < 1.29 is 14.6 Å². The van der Waals surface area contributed by atoms with E-state index < -0.39 is 0 Å². The highest BCUT2D eigenvalue weighted by atomic mass is 16.5. The van der Waals surface area contributed by atoms with Gasteiger partial charge in [-0.25, -0.2) is 0 Å². The van der Waals surface area contributed by atoms with Gasteiger partial charge in [0, 0.05) is 24.7 Å². The summed E-state index contributed by atoms with van der Waals surface area (Å²) in [6, 6.07) is 4.96. The van der Waals surface area contributed by atoms with Crippen LogP contribution in [0, 0.1) is 6.92 Å². The molecular formula is C13H18N2O3. The molecule has 2 rings (SSSR count). The first kappa shape index (κ1) is 12.9. The normalized spacial score (nSPS) is 19.5. The minimum atomic E-state index is -0.0493. The number of amides is 1. The van der Waals surface area contributed by atoms with Crippen LogP contribution in [0.5, 0.6) is 5.75 Å². The number of carbonyl (C=O) groups excluding carboxylic acids is 1. The van der Waals surface area contributed by atoms with Gasteiger partial charge in [0.05, 0.1) is 13.2 Å². The maximum atomic E-state index is 11.8. The molecule has 98 valence electrons. The van der Waals surface area contributed by atoms with Crippen molar-refractivity contribution in [3.8, 4) is 5.75 Å². The quantitative estimate of drug-likeness (QED) is 0.700. The van der Waals surface area contributed by atoms with Gasteiger partial charge < -0.3 is 20.5 Å². The molecule has 0 saturated carbocycles. The number of nitrogens with one attached hydrogen (secondary N) is 2. The highest BCUT2D eigenvalue weighted by Gasteiger charge is 2.17. The van der Waals surface area contributed by atoms with E-state index in [4.69, 9.17) is 4.74 Å². The van der Waals surface area contributed by atoms with E-state index in [9.17, 15) is 9.90 Å². The summed E-state index contributed by atoms with van der Waals surface area (Å²) in [4.78, 5) is 11.8. The van der Waals surface area contributed by atoms with Crippen molar-refractivity contribution in [3.63, 3.8) is 0 Å². The molecule has 1 fully saturated rings. The van der Waals surface area contributed by atoms with Crippen molar-refractivity contribution in [2.24, 2.45) is 0 Å². The van der Waals surface area contributed by atoms with Gasteiger partial charge in [-0.05, 0) is 30.7 Å². The van der Waals surface area contributed by atoms with E-state index in [-0.39, 0.29) is 17.7 Å². The molecule has 1 saturated heterocycles. The monoisotopic (exact) mass is 250 g/mol. The van der Waals surface area contributed by atoms with Crippen LogP contribution in [0.15, 0.2) is 18.2 Å². The topological polar surface area (TPSA) is 70.6 Å². The molecule has 0 aliphatic carbocycles. The van der Waals surface area contributed by atoms with E-state index >= 15 is 0 Å². The molecule has 5 heteroatoms. The Hall–Kier alpha value is -1.59. The lowest BCUT2D eigenvalue weighted by atomic mass is 10.1. The number of phenolic OH excluding ortho intramolecular Hbond substituents is 1. The molecule has 1 aromatic carbocycles. The number of aromatic hydroxyl groups is 1. The molecule has 1 aliphatic rings. The molecule has 5 nitrogen and oxygen atoms in total. The Balaban J connectivity index is 1.90. The van der Waals surface area contributed by atoms with Gasteiger partial charge in [-0.3, -0.25) is 4.79 Å². The predicted molar refractivity (Wildman–Crippen MR) is 68.7 cm³/mol. The van der Waals surface area contributed by atoms with Crippen molar-refractivity contribution in [1.82, 2.24) is 5.32 Å². The zero-order chi connectivity index (χ0) is 13.0. The summed E-state index contributed by atoms with van der Waals surface area (Å²) >= 11 is 0. The molecule has 1 heterocycles. The van der Waals surface area contributed by atoms with Gasteiger partial charge in [-0.2, -0.15) is 0 Å². The van der Waals surface area contributed by atoms with Gasteiger partial charge in [0.25, 0.3) is 0 Å². The Morgan fingerprint density at radius 2 is 2.44 bits per heavy atom. The largest absolute Gasteiger partial charge is 0.508 e. The van der Waals surface area contributed by atoms with Crippen molar-refractivity contribution in [3.05, 3.63) is 23.8 Å². The Kier molecular flexibility index (Phi) is 4.17. The number of rotatable bonds is 3. The third-order valence-electron chi connectivity index (χ3n) is 2.91. The SMILES string of the molecule is Cc1cc(O)ccc1NC(=O)CC1COCCN1. The summed E-state index contributed by atoms with van der Waals surface area (Å²) in [5.41, 5.74) is 1.57. The standard InChI is InChI=1S/C13H18N2O3/c1-9-6-11(16)2-3-12(9)15-13(17)7-10-8-18-5-4-14-10/h2-3,6,10,14,16H,4-5,7-8H2,1H3,(H,15,17). The smallest absolute Gasteiger partial charge is 0.226 e. The molecule has 18 heavy (non-hydrogen) atoms. The molecule has 0 aromatic heterocycles. The number of aryl methyl sites for hydroxylation is 1. The summed E-state index contributed by atoms with van der Waals surface area (Å²) in [7, 11) is 0. The second-order valence-corrected chi connectivity index (χ2v) is 4.48. The molecule has 0 spiro atoms. The third-order valence-corrected chi connectivity index (χ3v) is 2.91. The van der Waals surface area contributed by atoms with Gasteiger partial charge in [-0.1, -0.05) is 0 Å². The van der Waals surface area contributed by atoms with Crippen LogP contribution in [-0.4, -0.2) is 36.8 Å². The van der Waals surface area contributed by atoms with Crippen molar-refractivity contribution in [1.29, 1.82) is 0 Å². The molecule has 1 atom stereocenters. The number of benzene rings is 1. The van der Waals surface area contributed by atoms with Crippen LogP contribution in [0.25, 0.3) is 0 Å². The molecular weight excluding hydrogens is 232 g/mol. The molecule has 3 N–H and O–H groups in total. The highest BCUT2D eigenvalue weighted by molar-refractivity contribution is 5.92. The third kappa shape index (κ3) is 3.45. The second-order valence-electron chi connectivity index (χ2n) is 4.48. The van der Waals surface area contributed by atoms with Gasteiger partial charge >= 0.3 is 0 Å². The second kappa shape index (κ2) is 5.84. The number of phenols is 1. The summed E-state index contributed by atoms with van der Waals surface area (Å²) < 4.78 is 5.30. The Labute approximate surface area is 106 Å². The average molecular weight is 250 g/mol. The minimum Gasteiger partial charge on any atom is -0.508 e. The minimum absolute atomic E-state index is 0.0493. The van der Waals surface area contributed by atoms with Crippen LogP contribution >= 0.6 is 0 Å². The molecule has 1 aromatic rings.